The SMILES string of the molecule is C1C2CC3CC1CC(C2)C3.[Ru+2]. The van der Waals surface area contributed by atoms with Crippen LogP contribution in [0.4, 0.5) is 0 Å². The van der Waals surface area contributed by atoms with Crippen LogP contribution in [-0.2, 0) is 19.5 Å². The topological polar surface area (TPSA) is 0 Å². The Kier molecular flexibility index (Phi) is 2.12. The van der Waals surface area contributed by atoms with Gasteiger partial charge in [0, 0.05) is 0 Å². The van der Waals surface area contributed by atoms with Gasteiger partial charge in [-0.2, -0.15) is 0 Å². The Labute approximate surface area is 81.9 Å². The fourth-order valence-corrected chi connectivity index (χ4v) is 3.98. The molecule has 0 aromatic heterocycles. The summed E-state index contributed by atoms with van der Waals surface area (Å²) in [6, 6.07) is 0. The van der Waals surface area contributed by atoms with Crippen LogP contribution in [-0.4, -0.2) is 0 Å². The second kappa shape index (κ2) is 2.84. The average molecular weight is 237 g/mol. The third-order valence-electron chi connectivity index (χ3n) is 4.00. The molecule has 4 saturated carbocycles. The van der Waals surface area contributed by atoms with Crippen LogP contribution >= 0.6 is 0 Å². The van der Waals surface area contributed by atoms with Gasteiger partial charge in [-0.05, 0) is 62.2 Å². The average Bonchev–Trinajstić information content (AvgIpc) is 1.82. The third kappa shape index (κ3) is 1.30. The van der Waals surface area contributed by atoms with Crippen LogP contribution in [0.25, 0.3) is 0 Å². The van der Waals surface area contributed by atoms with Gasteiger partial charge in [-0.15, -0.1) is 0 Å². The Balaban J connectivity index is 0.000000480. The van der Waals surface area contributed by atoms with Crippen molar-refractivity contribution in [3.63, 3.8) is 0 Å². The molecule has 0 N–H and O–H groups in total. The molecular weight excluding hydrogens is 221 g/mol. The van der Waals surface area contributed by atoms with Gasteiger partial charge in [0.2, 0.25) is 0 Å². The van der Waals surface area contributed by atoms with Gasteiger partial charge in [0.1, 0.15) is 0 Å². The monoisotopic (exact) mass is 238 g/mol. The molecule has 0 aliphatic heterocycles. The molecule has 4 aliphatic rings. The summed E-state index contributed by atoms with van der Waals surface area (Å²) < 4.78 is 0. The fraction of sp³-hybridized carbons (Fsp3) is 1.00. The minimum Gasteiger partial charge on any atom is -0.0475 e. The van der Waals surface area contributed by atoms with Crippen LogP contribution in [0, 0.1) is 23.7 Å². The zero-order valence-corrected chi connectivity index (χ0v) is 8.64. The summed E-state index contributed by atoms with van der Waals surface area (Å²) in [5.74, 6) is 4.71. The summed E-state index contributed by atoms with van der Waals surface area (Å²) in [6.45, 7) is 0. The van der Waals surface area contributed by atoms with E-state index in [-0.39, 0.29) is 19.5 Å². The summed E-state index contributed by atoms with van der Waals surface area (Å²) in [7, 11) is 0. The van der Waals surface area contributed by atoms with E-state index in [9.17, 15) is 0 Å². The molecule has 4 bridgehead atoms. The van der Waals surface area contributed by atoms with Gasteiger partial charge in [0.15, 0.2) is 0 Å². The molecule has 62 valence electrons. The molecule has 0 nitrogen and oxygen atoms in total. The number of hydrogen-bond acceptors (Lipinski definition) is 0. The normalized spacial score (nSPS) is 52.4. The first-order valence-electron chi connectivity index (χ1n) is 4.90. The van der Waals surface area contributed by atoms with Gasteiger partial charge in [-0.25, -0.2) is 0 Å². The second-order valence-corrected chi connectivity index (χ2v) is 4.88. The van der Waals surface area contributed by atoms with E-state index in [1.165, 1.54) is 23.7 Å². The van der Waals surface area contributed by atoms with Gasteiger partial charge in [-0.3, -0.25) is 0 Å². The van der Waals surface area contributed by atoms with E-state index in [0.29, 0.717) is 0 Å². The molecule has 0 aromatic rings. The Morgan fingerprint density at radius 1 is 0.455 bits per heavy atom. The van der Waals surface area contributed by atoms with E-state index in [1.54, 1.807) is 38.5 Å². The van der Waals surface area contributed by atoms with Crippen LogP contribution in [0.3, 0.4) is 0 Å². The van der Waals surface area contributed by atoms with E-state index in [1.807, 2.05) is 0 Å². The minimum absolute atomic E-state index is 0. The molecule has 0 spiro atoms. The predicted octanol–water partition coefficient (Wildman–Crippen LogP) is 2.83. The molecule has 0 heterocycles. The molecule has 0 radical (unpaired) electrons. The van der Waals surface area contributed by atoms with Crippen LogP contribution < -0.4 is 0 Å². The van der Waals surface area contributed by atoms with E-state index in [2.05, 4.69) is 0 Å². The molecule has 11 heavy (non-hydrogen) atoms. The summed E-state index contributed by atoms with van der Waals surface area (Å²) in [6.07, 6.45) is 9.62. The maximum atomic E-state index is 1.60. The summed E-state index contributed by atoms with van der Waals surface area (Å²) in [5, 5.41) is 0. The number of hydrogen-bond donors (Lipinski definition) is 0. The standard InChI is InChI=1S/C10H16.Ru/c1-7-2-9-4-8(1)5-10(3-7)6-9;/h7-10H,1-6H2;/q;+2. The van der Waals surface area contributed by atoms with Crippen molar-refractivity contribution in [1.29, 1.82) is 0 Å². The van der Waals surface area contributed by atoms with E-state index in [4.69, 9.17) is 0 Å². The molecule has 0 saturated heterocycles. The second-order valence-electron chi connectivity index (χ2n) is 4.88. The largest absolute Gasteiger partial charge is 2.00 e. The van der Waals surface area contributed by atoms with Gasteiger partial charge in [0.05, 0.1) is 0 Å². The number of rotatable bonds is 0. The van der Waals surface area contributed by atoms with Crippen molar-refractivity contribution in [3.8, 4) is 0 Å². The molecule has 4 aliphatic carbocycles. The third-order valence-corrected chi connectivity index (χ3v) is 4.00. The smallest absolute Gasteiger partial charge is 0.0475 e. The maximum absolute atomic E-state index is 1.60. The Bertz CT molecular complexity index is 96.4. The molecule has 0 atom stereocenters. The Morgan fingerprint density at radius 3 is 0.818 bits per heavy atom. The summed E-state index contributed by atoms with van der Waals surface area (Å²) in [4.78, 5) is 0. The van der Waals surface area contributed by atoms with Crippen molar-refractivity contribution in [3.05, 3.63) is 0 Å². The fourth-order valence-electron chi connectivity index (χ4n) is 3.98. The first-order valence-corrected chi connectivity index (χ1v) is 4.90. The van der Waals surface area contributed by atoms with Crippen LogP contribution in [0.1, 0.15) is 38.5 Å². The van der Waals surface area contributed by atoms with Gasteiger partial charge in [-0.1, -0.05) is 0 Å². The molecule has 4 rings (SSSR count). The Hall–Kier alpha value is 0.623. The van der Waals surface area contributed by atoms with E-state index in [0.717, 1.165) is 0 Å². The maximum Gasteiger partial charge on any atom is 2.00 e. The molecule has 1 heteroatoms. The van der Waals surface area contributed by atoms with Crippen LogP contribution in [0.2, 0.25) is 0 Å². The van der Waals surface area contributed by atoms with E-state index >= 15 is 0 Å². The van der Waals surface area contributed by atoms with Crippen molar-refractivity contribution < 1.29 is 19.5 Å². The minimum atomic E-state index is 0. The van der Waals surface area contributed by atoms with Crippen LogP contribution in [0.15, 0.2) is 0 Å². The van der Waals surface area contributed by atoms with Crippen molar-refractivity contribution in [2.75, 3.05) is 0 Å². The predicted molar refractivity (Wildman–Crippen MR) is 41.7 cm³/mol. The summed E-state index contributed by atoms with van der Waals surface area (Å²) >= 11 is 0. The van der Waals surface area contributed by atoms with Gasteiger partial charge in [0.25, 0.3) is 0 Å². The van der Waals surface area contributed by atoms with Gasteiger partial charge >= 0.3 is 19.5 Å². The summed E-state index contributed by atoms with van der Waals surface area (Å²) in [5.41, 5.74) is 0. The first-order chi connectivity index (χ1) is 4.90. The molecular formula is C10H16Ru+2. The zero-order valence-electron chi connectivity index (χ0n) is 6.91. The van der Waals surface area contributed by atoms with Crippen molar-refractivity contribution in [2.24, 2.45) is 23.7 Å². The van der Waals surface area contributed by atoms with Crippen LogP contribution in [0.5, 0.6) is 0 Å². The quantitative estimate of drug-likeness (QED) is 0.568. The molecule has 4 fully saturated rings. The van der Waals surface area contributed by atoms with Gasteiger partial charge < -0.3 is 0 Å². The van der Waals surface area contributed by atoms with Crippen molar-refractivity contribution in [1.82, 2.24) is 0 Å². The first kappa shape index (κ1) is 8.23. The zero-order chi connectivity index (χ0) is 6.55. The molecule has 0 amide bonds. The van der Waals surface area contributed by atoms with Crippen molar-refractivity contribution >= 4 is 0 Å². The molecule has 0 unspecified atom stereocenters. The van der Waals surface area contributed by atoms with Crippen molar-refractivity contribution in [2.45, 2.75) is 38.5 Å². The van der Waals surface area contributed by atoms with E-state index < -0.39 is 0 Å². The molecule has 0 aromatic carbocycles. The Morgan fingerprint density at radius 2 is 0.636 bits per heavy atom.